The van der Waals surface area contributed by atoms with Crippen LogP contribution in [-0.2, 0) is 16.6 Å². The van der Waals surface area contributed by atoms with Crippen LogP contribution >= 0.6 is 11.8 Å². The van der Waals surface area contributed by atoms with Crippen LogP contribution in [0.15, 0.2) is 5.16 Å². The molecule has 0 aliphatic carbocycles. The fourth-order valence-electron chi connectivity index (χ4n) is 1.52. The molecule has 6 nitrogen and oxygen atoms in total. The van der Waals surface area contributed by atoms with Crippen molar-refractivity contribution < 1.29 is 9.53 Å². The second kappa shape index (κ2) is 6.19. The average molecular weight is 272 g/mol. The molecule has 0 aromatic carbocycles. The Balaban J connectivity index is 2.74. The van der Waals surface area contributed by atoms with Crippen LogP contribution < -0.4 is 5.32 Å². The number of esters is 1. The normalized spacial score (nSPS) is 14.3. The van der Waals surface area contributed by atoms with Gasteiger partial charge in [0.25, 0.3) is 0 Å². The largest absolute Gasteiger partial charge is 0.468 e. The first-order valence-corrected chi connectivity index (χ1v) is 6.75. The van der Waals surface area contributed by atoms with E-state index >= 15 is 0 Å². The molecule has 0 aliphatic heterocycles. The highest BCUT2D eigenvalue weighted by Crippen LogP contribution is 2.22. The van der Waals surface area contributed by atoms with Crippen molar-refractivity contribution in [1.29, 1.82) is 0 Å². The summed E-state index contributed by atoms with van der Waals surface area (Å²) in [6.07, 6.45) is 0. The summed E-state index contributed by atoms with van der Waals surface area (Å²) in [5.74, 6) is 1.12. The number of aryl methyl sites for hydroxylation is 1. The molecular weight excluding hydrogens is 252 g/mol. The van der Waals surface area contributed by atoms with E-state index in [0.717, 1.165) is 11.0 Å². The first-order valence-electron chi connectivity index (χ1n) is 5.77. The molecule has 0 spiro atoms. The second-order valence-corrected chi connectivity index (χ2v) is 5.17. The number of methoxy groups -OCH3 is 1. The predicted octanol–water partition coefficient (Wildman–Crippen LogP) is 0.757. The number of nitrogens with zero attached hydrogens (tertiary/aromatic N) is 3. The maximum Gasteiger partial charge on any atom is 0.326 e. The third kappa shape index (κ3) is 3.23. The fourth-order valence-corrected chi connectivity index (χ4v) is 2.58. The van der Waals surface area contributed by atoms with Crippen LogP contribution in [-0.4, -0.2) is 45.7 Å². The fraction of sp³-hybridized carbons (Fsp3) is 0.727. The number of rotatable bonds is 6. The van der Waals surface area contributed by atoms with Gasteiger partial charge in [0.2, 0.25) is 0 Å². The van der Waals surface area contributed by atoms with E-state index in [9.17, 15) is 4.79 Å². The first kappa shape index (κ1) is 15.0. The van der Waals surface area contributed by atoms with Crippen molar-refractivity contribution in [1.82, 2.24) is 20.1 Å². The van der Waals surface area contributed by atoms with E-state index in [-0.39, 0.29) is 5.97 Å². The van der Waals surface area contributed by atoms with Crippen molar-refractivity contribution in [2.45, 2.75) is 31.5 Å². The minimum Gasteiger partial charge on any atom is -0.468 e. The molecule has 1 atom stereocenters. The Hall–Kier alpha value is -1.08. The Morgan fingerprint density at radius 3 is 2.67 bits per heavy atom. The number of ether oxygens (including phenoxy) is 1. The van der Waals surface area contributed by atoms with Gasteiger partial charge in [-0.15, -0.1) is 10.2 Å². The van der Waals surface area contributed by atoms with Gasteiger partial charge in [-0.25, -0.2) is 0 Å². The van der Waals surface area contributed by atoms with Crippen LogP contribution in [0, 0.1) is 6.92 Å². The molecule has 1 rings (SSSR count). The van der Waals surface area contributed by atoms with E-state index < -0.39 is 5.54 Å². The van der Waals surface area contributed by atoms with Crippen LogP contribution in [0.3, 0.4) is 0 Å². The highest BCUT2D eigenvalue weighted by atomic mass is 32.2. The van der Waals surface area contributed by atoms with Gasteiger partial charge in [-0.2, -0.15) is 0 Å². The highest BCUT2D eigenvalue weighted by molar-refractivity contribution is 7.99. The predicted molar refractivity (Wildman–Crippen MR) is 70.6 cm³/mol. The average Bonchev–Trinajstić information content (AvgIpc) is 2.67. The Bertz CT molecular complexity index is 421. The summed E-state index contributed by atoms with van der Waals surface area (Å²) in [6, 6.07) is 0. The third-order valence-electron chi connectivity index (χ3n) is 2.75. The first-order chi connectivity index (χ1) is 8.44. The van der Waals surface area contributed by atoms with Crippen molar-refractivity contribution in [3.63, 3.8) is 0 Å². The van der Waals surface area contributed by atoms with Crippen LogP contribution in [0.25, 0.3) is 0 Å². The van der Waals surface area contributed by atoms with Gasteiger partial charge in [-0.3, -0.25) is 4.79 Å². The molecule has 7 heteroatoms. The maximum atomic E-state index is 11.8. The Labute approximate surface area is 111 Å². The molecular formula is C11H20N4O2S. The van der Waals surface area contributed by atoms with Gasteiger partial charge in [-0.05, 0) is 20.4 Å². The molecule has 18 heavy (non-hydrogen) atoms. The van der Waals surface area contributed by atoms with Gasteiger partial charge >= 0.3 is 5.97 Å². The Kier molecular flexibility index (Phi) is 5.15. The van der Waals surface area contributed by atoms with Crippen LogP contribution in [0.1, 0.15) is 19.7 Å². The molecule has 1 aromatic heterocycles. The zero-order valence-corrected chi connectivity index (χ0v) is 12.3. The van der Waals surface area contributed by atoms with E-state index in [1.807, 2.05) is 32.4 Å². The Morgan fingerprint density at radius 1 is 1.56 bits per heavy atom. The molecule has 1 heterocycles. The molecule has 0 saturated carbocycles. The quantitative estimate of drug-likeness (QED) is 0.609. The summed E-state index contributed by atoms with van der Waals surface area (Å²) in [6.45, 7) is 6.38. The van der Waals surface area contributed by atoms with E-state index in [4.69, 9.17) is 4.74 Å². The number of hydrogen-bond acceptors (Lipinski definition) is 6. The minimum absolute atomic E-state index is 0.268. The van der Waals surface area contributed by atoms with Crippen molar-refractivity contribution in [2.75, 3.05) is 19.4 Å². The molecule has 1 unspecified atom stereocenters. The Morgan fingerprint density at radius 2 is 2.22 bits per heavy atom. The minimum atomic E-state index is -0.714. The SMILES string of the molecule is CCNC(C)(CSc1nnc(C)n1C)C(=O)OC. The van der Waals surface area contributed by atoms with Crippen LogP contribution in [0.2, 0.25) is 0 Å². The van der Waals surface area contributed by atoms with Crippen molar-refractivity contribution >= 4 is 17.7 Å². The summed E-state index contributed by atoms with van der Waals surface area (Å²) < 4.78 is 6.73. The molecule has 1 N–H and O–H groups in total. The van der Waals surface area contributed by atoms with Gasteiger partial charge in [-0.1, -0.05) is 18.7 Å². The van der Waals surface area contributed by atoms with Gasteiger partial charge in [0.1, 0.15) is 11.4 Å². The van der Waals surface area contributed by atoms with E-state index in [1.54, 1.807) is 0 Å². The number of hydrogen-bond donors (Lipinski definition) is 1. The maximum absolute atomic E-state index is 11.8. The topological polar surface area (TPSA) is 69.0 Å². The number of likely N-dealkylation sites (N-methyl/N-ethyl adjacent to an activating group) is 1. The molecule has 0 amide bonds. The standard InChI is InChI=1S/C11H20N4O2S/c1-6-12-11(3,9(16)17-5)7-18-10-14-13-8(2)15(10)4/h12H,6-7H2,1-5H3. The van der Waals surface area contributed by atoms with Gasteiger partial charge in [0.05, 0.1) is 7.11 Å². The van der Waals surface area contributed by atoms with Gasteiger partial charge in [0, 0.05) is 12.8 Å². The molecule has 0 radical (unpaired) electrons. The van der Waals surface area contributed by atoms with Crippen molar-refractivity contribution in [3.05, 3.63) is 5.82 Å². The summed E-state index contributed by atoms with van der Waals surface area (Å²) in [7, 11) is 3.30. The lowest BCUT2D eigenvalue weighted by Crippen LogP contribution is -2.52. The van der Waals surface area contributed by atoms with Crippen molar-refractivity contribution in [3.8, 4) is 0 Å². The lowest BCUT2D eigenvalue weighted by atomic mass is 10.1. The lowest BCUT2D eigenvalue weighted by Gasteiger charge is -2.26. The van der Waals surface area contributed by atoms with E-state index in [1.165, 1.54) is 18.9 Å². The monoisotopic (exact) mass is 272 g/mol. The second-order valence-electron chi connectivity index (χ2n) is 4.23. The van der Waals surface area contributed by atoms with Gasteiger partial charge in [0.15, 0.2) is 5.16 Å². The molecule has 0 saturated heterocycles. The highest BCUT2D eigenvalue weighted by Gasteiger charge is 2.34. The van der Waals surface area contributed by atoms with Crippen LogP contribution in [0.4, 0.5) is 0 Å². The number of aromatic nitrogens is 3. The summed E-state index contributed by atoms with van der Waals surface area (Å²) in [4.78, 5) is 11.8. The molecule has 102 valence electrons. The number of thioether (sulfide) groups is 1. The zero-order valence-electron chi connectivity index (χ0n) is 11.5. The van der Waals surface area contributed by atoms with E-state index in [2.05, 4.69) is 15.5 Å². The third-order valence-corrected chi connectivity index (χ3v) is 4.08. The van der Waals surface area contributed by atoms with Crippen molar-refractivity contribution in [2.24, 2.45) is 7.05 Å². The van der Waals surface area contributed by atoms with E-state index in [0.29, 0.717) is 12.3 Å². The molecule has 0 bridgehead atoms. The number of carbonyl (C=O) groups is 1. The lowest BCUT2D eigenvalue weighted by molar-refractivity contribution is -0.146. The smallest absolute Gasteiger partial charge is 0.326 e. The number of nitrogens with one attached hydrogen (secondary N) is 1. The molecule has 0 aliphatic rings. The summed E-state index contributed by atoms with van der Waals surface area (Å²) in [5.41, 5.74) is -0.714. The summed E-state index contributed by atoms with van der Waals surface area (Å²) in [5, 5.41) is 12.0. The summed E-state index contributed by atoms with van der Waals surface area (Å²) >= 11 is 1.48. The number of carbonyl (C=O) groups excluding carboxylic acids is 1. The molecule has 0 fully saturated rings. The zero-order chi connectivity index (χ0) is 13.8. The van der Waals surface area contributed by atoms with Gasteiger partial charge < -0.3 is 14.6 Å². The molecule has 1 aromatic rings. The van der Waals surface area contributed by atoms with Crippen LogP contribution in [0.5, 0.6) is 0 Å².